The first-order chi connectivity index (χ1) is 10.2. The Kier molecular flexibility index (Phi) is 4.01. The largest absolute Gasteiger partial charge is 0.302 e. The van der Waals surface area contributed by atoms with Gasteiger partial charge in [-0.3, -0.25) is 19.3 Å². The second-order valence-electron chi connectivity index (χ2n) is 5.46. The summed E-state index contributed by atoms with van der Waals surface area (Å²) in [5, 5.41) is 4.96. The highest BCUT2D eigenvalue weighted by atomic mass is 32.1. The van der Waals surface area contributed by atoms with Crippen molar-refractivity contribution in [2.45, 2.75) is 32.1 Å². The number of carbonyl (C=O) groups excluding carboxylic acids is 3. The molecule has 1 aliphatic heterocycles. The number of thiazole rings is 1. The van der Waals surface area contributed by atoms with E-state index < -0.39 is 0 Å². The lowest BCUT2D eigenvalue weighted by molar-refractivity contribution is -0.140. The minimum absolute atomic E-state index is 0.0910. The van der Waals surface area contributed by atoms with Gasteiger partial charge in [-0.1, -0.05) is 12.8 Å². The maximum atomic E-state index is 12.2. The average Bonchev–Trinajstić information content (AvgIpc) is 3.07. The van der Waals surface area contributed by atoms with Gasteiger partial charge in [0, 0.05) is 24.5 Å². The predicted molar refractivity (Wildman–Crippen MR) is 77.5 cm³/mol. The highest BCUT2D eigenvalue weighted by Gasteiger charge is 2.47. The van der Waals surface area contributed by atoms with Gasteiger partial charge in [0.1, 0.15) is 0 Å². The molecule has 1 aliphatic carbocycles. The zero-order valence-electron chi connectivity index (χ0n) is 11.6. The number of carbonyl (C=O) groups is 3. The van der Waals surface area contributed by atoms with Crippen molar-refractivity contribution in [3.63, 3.8) is 0 Å². The van der Waals surface area contributed by atoms with Crippen molar-refractivity contribution in [2.24, 2.45) is 11.8 Å². The predicted octanol–water partition coefficient (Wildman–Crippen LogP) is 1.65. The quantitative estimate of drug-likeness (QED) is 0.858. The fraction of sp³-hybridized carbons (Fsp3) is 0.571. The van der Waals surface area contributed by atoms with E-state index >= 15 is 0 Å². The minimum atomic E-state index is -0.222. The van der Waals surface area contributed by atoms with E-state index in [4.69, 9.17) is 0 Å². The molecule has 2 atom stereocenters. The van der Waals surface area contributed by atoms with Gasteiger partial charge in [0.15, 0.2) is 5.13 Å². The molecular formula is C14H17N3O3S. The Balaban J connectivity index is 1.56. The van der Waals surface area contributed by atoms with E-state index in [1.807, 2.05) is 0 Å². The van der Waals surface area contributed by atoms with Crippen LogP contribution in [0.5, 0.6) is 0 Å². The zero-order valence-corrected chi connectivity index (χ0v) is 12.4. The molecule has 2 fully saturated rings. The smallest absolute Gasteiger partial charge is 0.233 e. The standard InChI is InChI=1S/C14H17N3O3S/c18-11(16-14-15-6-8-21-14)5-7-17-12(19)9-3-1-2-4-10(9)13(17)20/h6,8-10H,1-5,7H2,(H,15,16,18). The number of nitrogens with zero attached hydrogens (tertiary/aromatic N) is 2. The number of rotatable bonds is 4. The summed E-state index contributed by atoms with van der Waals surface area (Å²) >= 11 is 1.34. The zero-order chi connectivity index (χ0) is 14.8. The Labute approximate surface area is 126 Å². The van der Waals surface area contributed by atoms with E-state index in [1.165, 1.54) is 16.2 Å². The molecule has 1 saturated carbocycles. The van der Waals surface area contributed by atoms with Crippen LogP contribution >= 0.6 is 11.3 Å². The van der Waals surface area contributed by atoms with Crippen molar-refractivity contribution >= 4 is 34.2 Å². The molecule has 0 bridgehead atoms. The number of hydrogen-bond donors (Lipinski definition) is 1. The van der Waals surface area contributed by atoms with Gasteiger partial charge in [0.2, 0.25) is 17.7 Å². The molecule has 1 aromatic rings. The summed E-state index contributed by atoms with van der Waals surface area (Å²) < 4.78 is 0. The Morgan fingerprint density at radius 1 is 1.29 bits per heavy atom. The van der Waals surface area contributed by atoms with Crippen molar-refractivity contribution < 1.29 is 14.4 Å². The normalized spacial score (nSPS) is 25.0. The summed E-state index contributed by atoms with van der Waals surface area (Å²) in [6.07, 6.45) is 5.36. The molecule has 0 radical (unpaired) electrons. The second-order valence-corrected chi connectivity index (χ2v) is 6.36. The van der Waals surface area contributed by atoms with Gasteiger partial charge in [0.05, 0.1) is 11.8 Å². The second kappa shape index (κ2) is 5.93. The summed E-state index contributed by atoms with van der Waals surface area (Å²) in [7, 11) is 0. The van der Waals surface area contributed by atoms with Crippen LogP contribution in [0.1, 0.15) is 32.1 Å². The molecule has 2 unspecified atom stereocenters. The number of likely N-dealkylation sites (tertiary alicyclic amines) is 1. The van der Waals surface area contributed by atoms with E-state index in [1.54, 1.807) is 11.6 Å². The van der Waals surface area contributed by atoms with E-state index in [-0.39, 0.29) is 42.5 Å². The summed E-state index contributed by atoms with van der Waals surface area (Å²) in [6, 6.07) is 0. The Morgan fingerprint density at radius 3 is 2.52 bits per heavy atom. The molecule has 2 aliphatic rings. The van der Waals surface area contributed by atoms with Crippen molar-refractivity contribution in [3.8, 4) is 0 Å². The lowest BCUT2D eigenvalue weighted by atomic mass is 9.81. The molecule has 6 nitrogen and oxygen atoms in total. The molecule has 0 spiro atoms. The summed E-state index contributed by atoms with van der Waals surface area (Å²) in [5.41, 5.74) is 0. The lowest BCUT2D eigenvalue weighted by Crippen LogP contribution is -2.34. The summed E-state index contributed by atoms with van der Waals surface area (Å²) in [5.74, 6) is -0.694. The maximum Gasteiger partial charge on any atom is 0.233 e. The van der Waals surface area contributed by atoms with Crippen molar-refractivity contribution in [1.29, 1.82) is 0 Å². The number of fused-ring (bicyclic) bond motifs is 1. The fourth-order valence-electron chi connectivity index (χ4n) is 3.13. The topological polar surface area (TPSA) is 79.4 Å². The van der Waals surface area contributed by atoms with Crippen molar-refractivity contribution in [1.82, 2.24) is 9.88 Å². The van der Waals surface area contributed by atoms with E-state index in [2.05, 4.69) is 10.3 Å². The van der Waals surface area contributed by atoms with Gasteiger partial charge in [0.25, 0.3) is 0 Å². The molecule has 3 amide bonds. The van der Waals surface area contributed by atoms with Crippen LogP contribution in [0.4, 0.5) is 5.13 Å². The molecule has 3 rings (SSSR count). The number of nitrogens with one attached hydrogen (secondary N) is 1. The van der Waals surface area contributed by atoms with Gasteiger partial charge >= 0.3 is 0 Å². The average molecular weight is 307 g/mol. The van der Waals surface area contributed by atoms with Crippen LogP contribution in [0.2, 0.25) is 0 Å². The first kappa shape index (κ1) is 14.2. The molecule has 112 valence electrons. The molecule has 1 N–H and O–H groups in total. The molecule has 1 aromatic heterocycles. The highest BCUT2D eigenvalue weighted by Crippen LogP contribution is 2.37. The van der Waals surface area contributed by atoms with Crippen LogP contribution in [0, 0.1) is 11.8 Å². The van der Waals surface area contributed by atoms with Gasteiger partial charge in [-0.25, -0.2) is 4.98 Å². The number of hydrogen-bond acceptors (Lipinski definition) is 5. The number of anilines is 1. The number of imide groups is 1. The van der Waals surface area contributed by atoms with E-state index in [0.717, 1.165) is 25.7 Å². The SMILES string of the molecule is O=C(CCN1C(=O)C2CCCCC2C1=O)Nc1nccs1. The Bertz CT molecular complexity index is 534. The highest BCUT2D eigenvalue weighted by molar-refractivity contribution is 7.13. The number of amides is 3. The lowest BCUT2D eigenvalue weighted by Gasteiger charge is -2.19. The van der Waals surface area contributed by atoms with Crippen molar-refractivity contribution in [2.75, 3.05) is 11.9 Å². The third-order valence-electron chi connectivity index (χ3n) is 4.17. The third kappa shape index (κ3) is 2.83. The van der Waals surface area contributed by atoms with Crippen LogP contribution in [-0.2, 0) is 14.4 Å². The van der Waals surface area contributed by atoms with Gasteiger partial charge < -0.3 is 5.32 Å². The van der Waals surface area contributed by atoms with E-state index in [9.17, 15) is 14.4 Å². The first-order valence-corrected chi connectivity index (χ1v) is 8.09. The summed E-state index contributed by atoms with van der Waals surface area (Å²) in [6.45, 7) is 0.169. The van der Waals surface area contributed by atoms with Gasteiger partial charge in [-0.05, 0) is 12.8 Å². The maximum absolute atomic E-state index is 12.2. The third-order valence-corrected chi connectivity index (χ3v) is 4.86. The van der Waals surface area contributed by atoms with Gasteiger partial charge in [-0.15, -0.1) is 11.3 Å². The van der Waals surface area contributed by atoms with E-state index in [0.29, 0.717) is 5.13 Å². The Morgan fingerprint density at radius 2 is 1.95 bits per heavy atom. The molecular weight excluding hydrogens is 290 g/mol. The monoisotopic (exact) mass is 307 g/mol. The molecule has 0 aromatic carbocycles. The number of aromatic nitrogens is 1. The molecule has 1 saturated heterocycles. The van der Waals surface area contributed by atoms with Crippen LogP contribution in [-0.4, -0.2) is 34.2 Å². The minimum Gasteiger partial charge on any atom is -0.302 e. The van der Waals surface area contributed by atoms with Crippen molar-refractivity contribution in [3.05, 3.63) is 11.6 Å². The Hall–Kier alpha value is -1.76. The summed E-state index contributed by atoms with van der Waals surface area (Å²) in [4.78, 5) is 41.5. The van der Waals surface area contributed by atoms with Crippen LogP contribution < -0.4 is 5.32 Å². The molecule has 21 heavy (non-hydrogen) atoms. The van der Waals surface area contributed by atoms with Crippen LogP contribution in [0.25, 0.3) is 0 Å². The van der Waals surface area contributed by atoms with Crippen LogP contribution in [0.3, 0.4) is 0 Å². The first-order valence-electron chi connectivity index (χ1n) is 7.21. The molecule has 7 heteroatoms. The van der Waals surface area contributed by atoms with Crippen LogP contribution in [0.15, 0.2) is 11.6 Å². The van der Waals surface area contributed by atoms with Gasteiger partial charge in [-0.2, -0.15) is 0 Å². The fourth-order valence-corrected chi connectivity index (χ4v) is 3.68. The molecule has 2 heterocycles.